The lowest BCUT2D eigenvalue weighted by Gasteiger charge is -2.69. The van der Waals surface area contributed by atoms with Crippen LogP contribution in [0.5, 0.6) is 0 Å². The fourth-order valence-electron chi connectivity index (χ4n) is 14.3. The third-order valence-electron chi connectivity index (χ3n) is 18.2. The molecule has 4 aliphatic carbocycles. The lowest BCUT2D eigenvalue weighted by molar-refractivity contribution is -0.361. The molecule has 0 aromatic rings. The molecule has 0 bridgehead atoms. The van der Waals surface area contributed by atoms with Gasteiger partial charge in [0.25, 0.3) is 0 Å². The molecule has 0 radical (unpaired) electrons. The van der Waals surface area contributed by atoms with Crippen molar-refractivity contribution in [1.82, 2.24) is 0 Å². The monoisotopic (exact) mass is 956 g/mol. The Kier molecular flexibility index (Phi) is 14.3. The molecule has 0 amide bonds. The van der Waals surface area contributed by atoms with Crippen LogP contribution in [-0.2, 0) is 42.7 Å². The number of aliphatic hydroxyl groups excluding tert-OH is 11. The molecule has 8 aliphatic rings. The van der Waals surface area contributed by atoms with E-state index in [1.54, 1.807) is 0 Å². The fourth-order valence-corrected chi connectivity index (χ4v) is 14.3. The van der Waals surface area contributed by atoms with Gasteiger partial charge >= 0.3 is 11.9 Å². The van der Waals surface area contributed by atoms with Crippen molar-refractivity contribution in [3.8, 4) is 0 Å². The summed E-state index contributed by atoms with van der Waals surface area (Å²) in [4.78, 5) is 28.4. The summed E-state index contributed by atoms with van der Waals surface area (Å²) in [5, 5.41) is 120. The number of hydrogen-bond acceptors (Lipinski definition) is 20. The zero-order valence-corrected chi connectivity index (χ0v) is 38.7. The van der Waals surface area contributed by atoms with E-state index in [1.807, 2.05) is 13.8 Å². The Morgan fingerprint density at radius 1 is 0.716 bits per heavy atom. The standard InChI is InChI=1S/C47H72O20/c1-17(2)20-8-9-46(7)31-24(63-28(51)14-23(49)29(20)31)13-22-30-21(18(3)4)12-27(50)47(30,11-10-45(22,46)6)44(60)67-43-38(58)35(55)33(53)26(65-43)16-61-41-39(59)36(56)40(25(15-48)64-41)66-42-37(57)34(54)32(52)19(5)62-42/h19-27,29-43,48-50,52-59H,1,3,8-16H2,2,4-7H3. The third-order valence-corrected chi connectivity index (χ3v) is 18.2. The van der Waals surface area contributed by atoms with Crippen LogP contribution in [0.15, 0.2) is 24.3 Å². The van der Waals surface area contributed by atoms with Gasteiger partial charge in [-0.1, -0.05) is 38.2 Å². The van der Waals surface area contributed by atoms with Gasteiger partial charge in [0.05, 0.1) is 43.4 Å². The number of ether oxygens (including phenoxy) is 7. The molecule has 4 saturated carbocycles. The van der Waals surface area contributed by atoms with Gasteiger partial charge in [-0.3, -0.25) is 9.59 Å². The van der Waals surface area contributed by atoms with E-state index >= 15 is 4.79 Å². The SMILES string of the molecule is C=C(C)C1CCC2(C)C3C(CC4C5C(C(=C)C)CC(O)C5(C(=O)OC5OC(COC6OC(CO)C(OC7OC(C)C(O)C(O)C7O)C(O)C6O)C(O)C(O)C5O)CCC42C)OC(=O)CC(O)C13. The average molecular weight is 957 g/mol. The number of carbonyl (C=O) groups excluding carboxylic acids is 2. The maximum atomic E-state index is 15.0. The summed E-state index contributed by atoms with van der Waals surface area (Å²) in [5.41, 5.74) is -0.840. The molecule has 11 N–H and O–H groups in total. The van der Waals surface area contributed by atoms with Crippen LogP contribution in [0.4, 0.5) is 0 Å². The first-order valence-corrected chi connectivity index (χ1v) is 23.8. The minimum Gasteiger partial charge on any atom is -0.462 e. The van der Waals surface area contributed by atoms with Crippen LogP contribution in [0, 0.1) is 51.8 Å². The number of carbonyl (C=O) groups is 2. The number of aliphatic hydroxyl groups is 11. The summed E-state index contributed by atoms with van der Waals surface area (Å²) in [6, 6.07) is 0. The fraction of sp³-hybridized carbons (Fsp3) is 0.872. The molecule has 20 heteroatoms. The first-order valence-electron chi connectivity index (χ1n) is 23.8. The minimum absolute atomic E-state index is 0.0177. The van der Waals surface area contributed by atoms with Crippen LogP contribution in [0.3, 0.4) is 0 Å². The molecular weight excluding hydrogens is 884 g/mol. The molecule has 27 unspecified atom stereocenters. The summed E-state index contributed by atoms with van der Waals surface area (Å²) in [6.45, 7) is 16.7. The minimum atomic E-state index is -1.98. The van der Waals surface area contributed by atoms with Gasteiger partial charge in [0.1, 0.15) is 73.2 Å². The highest BCUT2D eigenvalue weighted by molar-refractivity contribution is 5.79. The Bertz CT molecular complexity index is 1870. The van der Waals surface area contributed by atoms with Gasteiger partial charge in [-0.15, -0.1) is 0 Å². The van der Waals surface area contributed by atoms with Crippen molar-refractivity contribution in [3.05, 3.63) is 24.3 Å². The number of esters is 2. The Morgan fingerprint density at radius 3 is 2.00 bits per heavy atom. The quantitative estimate of drug-likeness (QED) is 0.0858. The highest BCUT2D eigenvalue weighted by Gasteiger charge is 2.75. The summed E-state index contributed by atoms with van der Waals surface area (Å²) >= 11 is 0. The topological polar surface area (TPSA) is 321 Å². The van der Waals surface area contributed by atoms with Crippen molar-refractivity contribution >= 4 is 11.9 Å². The molecule has 4 heterocycles. The van der Waals surface area contributed by atoms with Gasteiger partial charge in [-0.25, -0.2) is 0 Å². The van der Waals surface area contributed by atoms with Crippen molar-refractivity contribution in [2.45, 2.75) is 190 Å². The molecule has 8 fully saturated rings. The van der Waals surface area contributed by atoms with Gasteiger partial charge in [0, 0.05) is 5.92 Å². The maximum absolute atomic E-state index is 15.0. The Balaban J connectivity index is 1.00. The van der Waals surface area contributed by atoms with Crippen molar-refractivity contribution in [3.63, 3.8) is 0 Å². The molecule has 0 aromatic carbocycles. The molecule has 0 spiro atoms. The molecule has 4 saturated heterocycles. The highest BCUT2D eigenvalue weighted by atomic mass is 16.8. The second-order valence-electron chi connectivity index (χ2n) is 21.6. The van der Waals surface area contributed by atoms with Gasteiger partial charge in [-0.2, -0.15) is 0 Å². The van der Waals surface area contributed by atoms with Crippen LogP contribution < -0.4 is 0 Å². The zero-order chi connectivity index (χ0) is 49.0. The van der Waals surface area contributed by atoms with Gasteiger partial charge in [-0.05, 0) is 99.7 Å². The highest BCUT2D eigenvalue weighted by Crippen LogP contribution is 2.75. The Hall–Kier alpha value is -2.22. The maximum Gasteiger partial charge on any atom is 0.317 e. The van der Waals surface area contributed by atoms with E-state index in [1.165, 1.54) is 6.92 Å². The molecular formula is C47H72O20. The first kappa shape index (κ1) is 51.1. The van der Waals surface area contributed by atoms with E-state index < -0.39 is 158 Å². The first-order chi connectivity index (χ1) is 31.4. The largest absolute Gasteiger partial charge is 0.462 e. The van der Waals surface area contributed by atoms with E-state index in [2.05, 4.69) is 27.0 Å². The van der Waals surface area contributed by atoms with Crippen molar-refractivity contribution in [2.75, 3.05) is 13.2 Å². The predicted octanol–water partition coefficient (Wildman–Crippen LogP) is -1.71. The molecule has 27 atom stereocenters. The van der Waals surface area contributed by atoms with Gasteiger partial charge in [0.2, 0.25) is 6.29 Å². The van der Waals surface area contributed by atoms with E-state index in [0.717, 1.165) is 24.0 Å². The second kappa shape index (κ2) is 18.8. The molecule has 8 rings (SSSR count). The third kappa shape index (κ3) is 8.15. The number of fused-ring (bicyclic) bond motifs is 4. The molecule has 67 heavy (non-hydrogen) atoms. The van der Waals surface area contributed by atoms with Crippen molar-refractivity contribution < 1.29 is 98.9 Å². The molecule has 20 nitrogen and oxygen atoms in total. The smallest absolute Gasteiger partial charge is 0.317 e. The number of hydrogen-bond donors (Lipinski definition) is 11. The van der Waals surface area contributed by atoms with Crippen LogP contribution >= 0.6 is 0 Å². The van der Waals surface area contributed by atoms with Crippen LogP contribution in [0.1, 0.15) is 79.6 Å². The molecule has 4 aliphatic heterocycles. The predicted molar refractivity (Wildman–Crippen MR) is 227 cm³/mol. The summed E-state index contributed by atoms with van der Waals surface area (Å²) in [6.07, 6.45) is -25.5. The summed E-state index contributed by atoms with van der Waals surface area (Å²) in [7, 11) is 0. The van der Waals surface area contributed by atoms with Gasteiger partial charge < -0.3 is 89.3 Å². The Morgan fingerprint density at radius 2 is 1.34 bits per heavy atom. The van der Waals surface area contributed by atoms with E-state index in [-0.39, 0.29) is 48.9 Å². The van der Waals surface area contributed by atoms with Crippen LogP contribution in [0.25, 0.3) is 0 Å². The number of rotatable bonds is 10. The Labute approximate surface area is 389 Å². The van der Waals surface area contributed by atoms with Crippen LogP contribution in [0.2, 0.25) is 0 Å². The normalized spacial score (nSPS) is 54.1. The summed E-state index contributed by atoms with van der Waals surface area (Å²) < 4.78 is 40.7. The second-order valence-corrected chi connectivity index (χ2v) is 21.6. The lowest BCUT2D eigenvalue weighted by Crippen LogP contribution is -2.68. The van der Waals surface area contributed by atoms with E-state index in [0.29, 0.717) is 12.8 Å². The van der Waals surface area contributed by atoms with Crippen molar-refractivity contribution in [2.24, 2.45) is 51.8 Å². The van der Waals surface area contributed by atoms with E-state index in [9.17, 15) is 61.0 Å². The molecule has 380 valence electrons. The van der Waals surface area contributed by atoms with Gasteiger partial charge in [0.15, 0.2) is 12.6 Å². The van der Waals surface area contributed by atoms with E-state index in [4.69, 9.17) is 33.2 Å². The zero-order valence-electron chi connectivity index (χ0n) is 38.7. The lowest BCUT2D eigenvalue weighted by atomic mass is 9.35. The molecule has 0 aromatic heterocycles. The number of allylic oxidation sites excluding steroid dienone is 2. The average Bonchev–Trinajstić information content (AvgIpc) is 3.52. The summed E-state index contributed by atoms with van der Waals surface area (Å²) in [5.74, 6) is -3.17. The van der Waals surface area contributed by atoms with Crippen LogP contribution in [-0.4, -0.2) is 192 Å². The van der Waals surface area contributed by atoms with Crippen molar-refractivity contribution in [1.29, 1.82) is 0 Å².